The number of rotatable bonds is 6. The quantitative estimate of drug-likeness (QED) is 0.870. The Morgan fingerprint density at radius 1 is 1.05 bits per heavy atom. The summed E-state index contributed by atoms with van der Waals surface area (Å²) in [5, 5.41) is 3.14. The molecule has 1 aliphatic carbocycles. The number of anilines is 1. The third-order valence-corrected chi connectivity index (χ3v) is 3.72. The van der Waals surface area contributed by atoms with E-state index in [9.17, 15) is 0 Å². The number of nitrogens with zero attached hydrogens (tertiary/aromatic N) is 3. The predicted molar refractivity (Wildman–Crippen MR) is 81.8 cm³/mol. The minimum absolute atomic E-state index is 0.176. The van der Waals surface area contributed by atoms with E-state index in [2.05, 4.69) is 41.0 Å². The monoisotopic (exact) mass is 294 g/mol. The number of aromatic nitrogens is 3. The highest BCUT2D eigenvalue weighted by molar-refractivity contribution is 5.27. The van der Waals surface area contributed by atoms with Crippen molar-refractivity contribution in [2.45, 2.75) is 52.6 Å². The van der Waals surface area contributed by atoms with Gasteiger partial charge in [-0.3, -0.25) is 0 Å². The Bertz CT molecular complexity index is 445. The first-order chi connectivity index (χ1) is 10.1. The van der Waals surface area contributed by atoms with Crippen LogP contribution in [-0.4, -0.2) is 34.7 Å². The van der Waals surface area contributed by atoms with Gasteiger partial charge in [0.1, 0.15) is 6.10 Å². The zero-order chi connectivity index (χ0) is 15.2. The first-order valence-corrected chi connectivity index (χ1v) is 7.81. The second kappa shape index (κ2) is 7.43. The summed E-state index contributed by atoms with van der Waals surface area (Å²) in [6.45, 7) is 7.44. The highest BCUT2D eigenvalue weighted by Gasteiger charge is 2.26. The molecule has 0 aliphatic heterocycles. The fourth-order valence-electron chi connectivity index (χ4n) is 2.92. The fraction of sp³-hybridized carbons (Fsp3) is 0.800. The third-order valence-electron chi connectivity index (χ3n) is 3.72. The predicted octanol–water partition coefficient (Wildman–Crippen LogP) is 2.91. The zero-order valence-corrected chi connectivity index (χ0v) is 13.4. The number of methoxy groups -OCH3 is 1. The van der Waals surface area contributed by atoms with Crippen LogP contribution in [0.4, 0.5) is 5.95 Å². The van der Waals surface area contributed by atoms with Gasteiger partial charge in [0.2, 0.25) is 5.95 Å². The van der Waals surface area contributed by atoms with Gasteiger partial charge in [-0.15, -0.1) is 4.98 Å². The van der Waals surface area contributed by atoms with Gasteiger partial charge in [0.05, 0.1) is 7.11 Å². The molecule has 2 unspecified atom stereocenters. The molecule has 2 atom stereocenters. The second-order valence-corrected chi connectivity index (χ2v) is 6.01. The number of nitrogens with one attached hydrogen (secondary N) is 1. The maximum atomic E-state index is 5.98. The van der Waals surface area contributed by atoms with Crippen LogP contribution in [0.5, 0.6) is 12.0 Å². The lowest BCUT2D eigenvalue weighted by molar-refractivity contribution is 0.0910. The van der Waals surface area contributed by atoms with Crippen molar-refractivity contribution >= 4 is 5.95 Å². The van der Waals surface area contributed by atoms with Crippen molar-refractivity contribution in [3.63, 3.8) is 0 Å². The van der Waals surface area contributed by atoms with E-state index in [4.69, 9.17) is 9.47 Å². The summed E-state index contributed by atoms with van der Waals surface area (Å²) >= 11 is 0. The Balaban J connectivity index is 2.07. The van der Waals surface area contributed by atoms with Gasteiger partial charge in [0.25, 0.3) is 0 Å². The van der Waals surface area contributed by atoms with Crippen LogP contribution in [0.25, 0.3) is 0 Å². The summed E-state index contributed by atoms with van der Waals surface area (Å²) in [4.78, 5) is 12.7. The van der Waals surface area contributed by atoms with Crippen molar-refractivity contribution in [3.8, 4) is 12.0 Å². The topological polar surface area (TPSA) is 69.2 Å². The van der Waals surface area contributed by atoms with E-state index in [0.717, 1.165) is 25.8 Å². The molecule has 1 aliphatic rings. The Hall–Kier alpha value is -1.59. The standard InChI is InChI=1S/C15H26N4O2/c1-5-6-16-13-17-14(20-4)19-15(18-13)21-12-8-10(2)7-11(3)9-12/h10-12H,5-9H2,1-4H3,(H,16,17,18,19). The molecule has 0 spiro atoms. The lowest BCUT2D eigenvalue weighted by Crippen LogP contribution is -2.29. The first-order valence-electron chi connectivity index (χ1n) is 7.81. The van der Waals surface area contributed by atoms with Crippen molar-refractivity contribution in [1.82, 2.24) is 15.0 Å². The second-order valence-electron chi connectivity index (χ2n) is 6.01. The van der Waals surface area contributed by atoms with Crippen molar-refractivity contribution in [2.24, 2.45) is 11.8 Å². The van der Waals surface area contributed by atoms with Crippen molar-refractivity contribution < 1.29 is 9.47 Å². The maximum absolute atomic E-state index is 5.98. The van der Waals surface area contributed by atoms with E-state index in [0.29, 0.717) is 23.8 Å². The third kappa shape index (κ3) is 4.72. The van der Waals surface area contributed by atoms with Crippen molar-refractivity contribution in [1.29, 1.82) is 0 Å². The molecule has 1 aromatic heterocycles. The lowest BCUT2D eigenvalue weighted by atomic mass is 9.82. The smallest absolute Gasteiger partial charge is 0.324 e. The van der Waals surface area contributed by atoms with Gasteiger partial charge >= 0.3 is 12.0 Å². The Morgan fingerprint density at radius 2 is 1.71 bits per heavy atom. The largest absolute Gasteiger partial charge is 0.467 e. The molecule has 1 saturated carbocycles. The van der Waals surface area contributed by atoms with Gasteiger partial charge in [-0.25, -0.2) is 0 Å². The van der Waals surface area contributed by atoms with Crippen LogP contribution < -0.4 is 14.8 Å². The normalized spacial score (nSPS) is 25.4. The molecule has 118 valence electrons. The molecular weight excluding hydrogens is 268 g/mol. The summed E-state index contributed by atoms with van der Waals surface area (Å²) < 4.78 is 11.1. The summed E-state index contributed by atoms with van der Waals surface area (Å²) in [6, 6.07) is 0.641. The highest BCUT2D eigenvalue weighted by Crippen LogP contribution is 2.30. The Labute approximate surface area is 126 Å². The number of hydrogen-bond acceptors (Lipinski definition) is 6. The molecule has 0 radical (unpaired) electrons. The number of ether oxygens (including phenoxy) is 2. The van der Waals surface area contributed by atoms with Gasteiger partial charge < -0.3 is 14.8 Å². The average Bonchev–Trinajstić information content (AvgIpc) is 2.43. The fourth-order valence-corrected chi connectivity index (χ4v) is 2.92. The molecular formula is C15H26N4O2. The van der Waals surface area contributed by atoms with Gasteiger partial charge in [0, 0.05) is 6.54 Å². The molecule has 1 fully saturated rings. The molecule has 0 aromatic carbocycles. The van der Waals surface area contributed by atoms with Crippen LogP contribution in [0, 0.1) is 11.8 Å². The summed E-state index contributed by atoms with van der Waals surface area (Å²) in [5.74, 6) is 1.87. The van der Waals surface area contributed by atoms with Gasteiger partial charge in [-0.2, -0.15) is 9.97 Å². The van der Waals surface area contributed by atoms with E-state index in [-0.39, 0.29) is 12.1 Å². The molecule has 6 nitrogen and oxygen atoms in total. The molecule has 1 aromatic rings. The molecule has 0 bridgehead atoms. The van der Waals surface area contributed by atoms with E-state index in [1.54, 1.807) is 7.11 Å². The maximum Gasteiger partial charge on any atom is 0.324 e. The van der Waals surface area contributed by atoms with Crippen molar-refractivity contribution in [3.05, 3.63) is 0 Å². The van der Waals surface area contributed by atoms with Crippen LogP contribution in [0.2, 0.25) is 0 Å². The van der Waals surface area contributed by atoms with Crippen LogP contribution in [0.3, 0.4) is 0 Å². The van der Waals surface area contributed by atoms with Gasteiger partial charge in [-0.05, 0) is 37.5 Å². The summed E-state index contributed by atoms with van der Waals surface area (Å²) in [7, 11) is 1.55. The Morgan fingerprint density at radius 3 is 2.33 bits per heavy atom. The SMILES string of the molecule is CCCNc1nc(OC)nc(OC2CC(C)CC(C)C2)n1. The van der Waals surface area contributed by atoms with Gasteiger partial charge in [-0.1, -0.05) is 20.8 Å². The molecule has 1 heterocycles. The van der Waals surface area contributed by atoms with Crippen LogP contribution in [-0.2, 0) is 0 Å². The molecule has 0 saturated heterocycles. The average molecular weight is 294 g/mol. The van der Waals surface area contributed by atoms with Crippen LogP contribution >= 0.6 is 0 Å². The minimum atomic E-state index is 0.176. The lowest BCUT2D eigenvalue weighted by Gasteiger charge is -2.30. The molecule has 0 amide bonds. The van der Waals surface area contributed by atoms with E-state index in [1.807, 2.05) is 0 Å². The van der Waals surface area contributed by atoms with E-state index in [1.165, 1.54) is 6.42 Å². The molecule has 2 rings (SSSR count). The molecule has 1 N–H and O–H groups in total. The molecule has 6 heteroatoms. The summed E-state index contributed by atoms with van der Waals surface area (Å²) in [5.41, 5.74) is 0. The van der Waals surface area contributed by atoms with E-state index < -0.39 is 0 Å². The summed E-state index contributed by atoms with van der Waals surface area (Å²) in [6.07, 6.45) is 4.55. The van der Waals surface area contributed by atoms with Crippen molar-refractivity contribution in [2.75, 3.05) is 19.0 Å². The zero-order valence-electron chi connectivity index (χ0n) is 13.4. The van der Waals surface area contributed by atoms with Crippen LogP contribution in [0.15, 0.2) is 0 Å². The molecule has 21 heavy (non-hydrogen) atoms. The van der Waals surface area contributed by atoms with E-state index >= 15 is 0 Å². The first kappa shape index (κ1) is 15.8. The number of hydrogen-bond donors (Lipinski definition) is 1. The van der Waals surface area contributed by atoms with Crippen LogP contribution in [0.1, 0.15) is 46.5 Å². The highest BCUT2D eigenvalue weighted by atomic mass is 16.5. The Kier molecular flexibility index (Phi) is 5.59. The van der Waals surface area contributed by atoms with Gasteiger partial charge in [0.15, 0.2) is 0 Å². The minimum Gasteiger partial charge on any atom is -0.467 e.